The fourth-order valence-corrected chi connectivity index (χ4v) is 1.30. The molecular weight excluding hydrogens is 272 g/mol. The summed E-state index contributed by atoms with van der Waals surface area (Å²) in [5, 5.41) is 0.116. The van der Waals surface area contributed by atoms with Crippen LogP contribution in [0, 0.1) is 0 Å². The van der Waals surface area contributed by atoms with Gasteiger partial charge in [0.05, 0.1) is 19.8 Å². The summed E-state index contributed by atoms with van der Waals surface area (Å²) in [5.41, 5.74) is 0. The Kier molecular flexibility index (Phi) is 7.39. The van der Waals surface area contributed by atoms with E-state index in [1.54, 1.807) is 12.0 Å². The minimum absolute atomic E-state index is 0.116. The summed E-state index contributed by atoms with van der Waals surface area (Å²) in [6.07, 6.45) is 0.740. The van der Waals surface area contributed by atoms with Crippen molar-refractivity contribution in [3.63, 3.8) is 0 Å². The zero-order valence-corrected chi connectivity index (χ0v) is 12.2. The second-order valence-corrected chi connectivity index (χ2v) is 4.23. The van der Waals surface area contributed by atoms with E-state index in [4.69, 9.17) is 25.8 Å². The topological polar surface area (TPSA) is 69.6 Å². The summed E-state index contributed by atoms with van der Waals surface area (Å²) in [7, 11) is 5.28. The molecule has 0 fully saturated rings. The van der Waals surface area contributed by atoms with E-state index in [1.807, 2.05) is 14.1 Å². The third-order valence-corrected chi connectivity index (χ3v) is 2.24. The predicted molar refractivity (Wildman–Crippen MR) is 72.0 cm³/mol. The molecule has 0 saturated heterocycles. The quantitative estimate of drug-likeness (QED) is 0.629. The SMILES string of the molecule is COCCOCCCOc1nc(Cl)nc(N(C)C)n1. The van der Waals surface area contributed by atoms with Gasteiger partial charge in [-0.05, 0) is 11.6 Å². The van der Waals surface area contributed by atoms with Crippen molar-refractivity contribution in [2.45, 2.75) is 6.42 Å². The van der Waals surface area contributed by atoms with Gasteiger partial charge in [0.15, 0.2) is 0 Å². The molecule has 0 saturated carbocycles. The highest BCUT2D eigenvalue weighted by atomic mass is 35.5. The maximum absolute atomic E-state index is 5.78. The average molecular weight is 291 g/mol. The number of hydrogen-bond acceptors (Lipinski definition) is 7. The molecule has 0 spiro atoms. The van der Waals surface area contributed by atoms with E-state index in [0.717, 1.165) is 6.42 Å². The largest absolute Gasteiger partial charge is 0.463 e. The molecule has 0 aromatic carbocycles. The first-order valence-corrected chi connectivity index (χ1v) is 6.29. The Hall–Kier alpha value is -1.18. The van der Waals surface area contributed by atoms with Crippen LogP contribution >= 0.6 is 11.6 Å². The van der Waals surface area contributed by atoms with Crippen molar-refractivity contribution in [1.29, 1.82) is 0 Å². The molecular formula is C11H19ClN4O3. The highest BCUT2D eigenvalue weighted by molar-refractivity contribution is 6.28. The highest BCUT2D eigenvalue weighted by Gasteiger charge is 2.07. The van der Waals surface area contributed by atoms with Crippen LogP contribution in [0.4, 0.5) is 5.95 Å². The number of halogens is 1. The van der Waals surface area contributed by atoms with Crippen LogP contribution in [0.1, 0.15) is 6.42 Å². The van der Waals surface area contributed by atoms with Gasteiger partial charge in [-0.15, -0.1) is 0 Å². The Morgan fingerprint density at radius 3 is 2.53 bits per heavy atom. The number of rotatable bonds is 9. The second-order valence-electron chi connectivity index (χ2n) is 3.89. The predicted octanol–water partition coefficient (Wildman–Crippen LogP) is 1.02. The fraction of sp³-hybridized carbons (Fsp3) is 0.727. The van der Waals surface area contributed by atoms with Crippen LogP contribution in [0.3, 0.4) is 0 Å². The van der Waals surface area contributed by atoms with Crippen molar-refractivity contribution >= 4 is 17.5 Å². The van der Waals surface area contributed by atoms with Gasteiger partial charge < -0.3 is 19.1 Å². The molecule has 0 atom stereocenters. The summed E-state index contributed by atoms with van der Waals surface area (Å²) >= 11 is 5.78. The average Bonchev–Trinajstić information content (AvgIpc) is 2.37. The van der Waals surface area contributed by atoms with Gasteiger partial charge >= 0.3 is 6.01 Å². The summed E-state index contributed by atoms with van der Waals surface area (Å²) in [5.74, 6) is 0.464. The third-order valence-electron chi connectivity index (χ3n) is 2.07. The molecule has 7 nitrogen and oxygen atoms in total. The van der Waals surface area contributed by atoms with Gasteiger partial charge in [0.2, 0.25) is 11.2 Å². The zero-order valence-electron chi connectivity index (χ0n) is 11.4. The Morgan fingerprint density at radius 1 is 1.05 bits per heavy atom. The molecule has 0 unspecified atom stereocenters. The van der Waals surface area contributed by atoms with Gasteiger partial charge in [0.1, 0.15) is 0 Å². The lowest BCUT2D eigenvalue weighted by molar-refractivity contribution is 0.0639. The lowest BCUT2D eigenvalue weighted by Crippen LogP contribution is -2.15. The van der Waals surface area contributed by atoms with Crippen LogP contribution < -0.4 is 9.64 Å². The molecule has 0 amide bonds. The molecule has 0 aliphatic rings. The minimum Gasteiger partial charge on any atom is -0.463 e. The number of aromatic nitrogens is 3. The lowest BCUT2D eigenvalue weighted by atomic mass is 10.5. The Balaban J connectivity index is 2.29. The van der Waals surface area contributed by atoms with Crippen molar-refractivity contribution in [1.82, 2.24) is 15.0 Å². The maximum atomic E-state index is 5.78. The van der Waals surface area contributed by atoms with Gasteiger partial charge in [0.25, 0.3) is 0 Å². The van der Waals surface area contributed by atoms with E-state index in [0.29, 0.717) is 32.4 Å². The molecule has 0 aliphatic carbocycles. The molecule has 108 valence electrons. The monoisotopic (exact) mass is 290 g/mol. The Bertz CT molecular complexity index is 379. The first kappa shape index (κ1) is 15.9. The first-order chi connectivity index (χ1) is 9.13. The van der Waals surface area contributed by atoms with Gasteiger partial charge in [-0.1, -0.05) is 0 Å². The summed E-state index contributed by atoms with van der Waals surface area (Å²) in [4.78, 5) is 13.7. The molecule has 0 bridgehead atoms. The Morgan fingerprint density at radius 2 is 1.84 bits per heavy atom. The summed E-state index contributed by atoms with van der Waals surface area (Å²) < 4.78 is 15.6. The first-order valence-electron chi connectivity index (χ1n) is 5.92. The zero-order chi connectivity index (χ0) is 14.1. The van der Waals surface area contributed by atoms with Crippen molar-refractivity contribution in [2.75, 3.05) is 52.5 Å². The van der Waals surface area contributed by atoms with Crippen LogP contribution in [-0.2, 0) is 9.47 Å². The molecule has 0 aliphatic heterocycles. The maximum Gasteiger partial charge on any atom is 0.322 e. The van der Waals surface area contributed by atoms with Gasteiger partial charge in [-0.25, -0.2) is 0 Å². The summed E-state index contributed by atoms with van der Waals surface area (Å²) in [6.45, 7) is 2.23. The van der Waals surface area contributed by atoms with Crippen LogP contribution in [0.15, 0.2) is 0 Å². The van der Waals surface area contributed by atoms with Crippen molar-refractivity contribution in [3.05, 3.63) is 5.28 Å². The second kappa shape index (κ2) is 8.84. The van der Waals surface area contributed by atoms with E-state index >= 15 is 0 Å². The van der Waals surface area contributed by atoms with Gasteiger partial charge in [-0.2, -0.15) is 15.0 Å². The van der Waals surface area contributed by atoms with Gasteiger partial charge in [-0.3, -0.25) is 0 Å². The molecule has 0 N–H and O–H groups in total. The summed E-state index contributed by atoms with van der Waals surface area (Å²) in [6, 6.07) is 0.223. The minimum atomic E-state index is 0.116. The van der Waals surface area contributed by atoms with E-state index in [2.05, 4.69) is 15.0 Å². The van der Waals surface area contributed by atoms with Gasteiger partial charge in [0, 0.05) is 34.2 Å². The number of methoxy groups -OCH3 is 1. The van der Waals surface area contributed by atoms with E-state index in [9.17, 15) is 0 Å². The Labute approximate surface area is 117 Å². The van der Waals surface area contributed by atoms with E-state index in [-0.39, 0.29) is 11.3 Å². The number of hydrogen-bond donors (Lipinski definition) is 0. The smallest absolute Gasteiger partial charge is 0.322 e. The third kappa shape index (κ3) is 6.51. The molecule has 1 heterocycles. The highest BCUT2D eigenvalue weighted by Crippen LogP contribution is 2.13. The number of ether oxygens (including phenoxy) is 3. The standard InChI is InChI=1S/C11H19ClN4O3/c1-16(2)10-13-9(12)14-11(15-10)19-6-4-5-18-8-7-17-3/h4-8H2,1-3H3. The molecule has 1 aromatic rings. The normalized spacial score (nSPS) is 10.5. The molecule has 1 rings (SSSR count). The van der Waals surface area contributed by atoms with Crippen LogP contribution in [-0.4, -0.2) is 62.6 Å². The van der Waals surface area contributed by atoms with Crippen LogP contribution in [0.25, 0.3) is 0 Å². The van der Waals surface area contributed by atoms with Crippen LogP contribution in [0.2, 0.25) is 5.28 Å². The van der Waals surface area contributed by atoms with Crippen molar-refractivity contribution in [3.8, 4) is 6.01 Å². The number of anilines is 1. The fourth-order valence-electron chi connectivity index (χ4n) is 1.16. The van der Waals surface area contributed by atoms with Crippen molar-refractivity contribution in [2.24, 2.45) is 0 Å². The number of nitrogens with zero attached hydrogens (tertiary/aromatic N) is 4. The molecule has 0 radical (unpaired) electrons. The molecule has 8 heteroatoms. The van der Waals surface area contributed by atoms with Crippen LogP contribution in [0.5, 0.6) is 6.01 Å². The van der Waals surface area contributed by atoms with E-state index in [1.165, 1.54) is 0 Å². The van der Waals surface area contributed by atoms with E-state index < -0.39 is 0 Å². The molecule has 1 aromatic heterocycles. The molecule has 19 heavy (non-hydrogen) atoms. The lowest BCUT2D eigenvalue weighted by Gasteiger charge is -2.11. The van der Waals surface area contributed by atoms with Crippen molar-refractivity contribution < 1.29 is 14.2 Å².